The fourth-order valence-electron chi connectivity index (χ4n) is 2.98. The number of carbonyl (C=O) groups excluding carboxylic acids is 1. The molecule has 1 heterocycles. The van der Waals surface area contributed by atoms with Gasteiger partial charge in [0.2, 0.25) is 0 Å². The molecule has 0 unspecified atom stereocenters. The van der Waals surface area contributed by atoms with Gasteiger partial charge in [0.1, 0.15) is 5.75 Å². The van der Waals surface area contributed by atoms with Gasteiger partial charge in [-0.15, -0.1) is 10.2 Å². The van der Waals surface area contributed by atoms with Gasteiger partial charge in [0, 0.05) is 37.1 Å². The number of benzene rings is 2. The summed E-state index contributed by atoms with van der Waals surface area (Å²) in [5, 5.41) is 12.5. The molecule has 0 aliphatic carbocycles. The molecule has 7 nitrogen and oxygen atoms in total. The van der Waals surface area contributed by atoms with Gasteiger partial charge in [-0.05, 0) is 36.8 Å². The highest BCUT2D eigenvalue weighted by Crippen LogP contribution is 2.28. The minimum absolute atomic E-state index is 0.101. The van der Waals surface area contributed by atoms with Gasteiger partial charge in [-0.1, -0.05) is 36.0 Å². The van der Waals surface area contributed by atoms with Gasteiger partial charge in [-0.3, -0.25) is 4.79 Å². The summed E-state index contributed by atoms with van der Waals surface area (Å²) < 4.78 is 12.4. The van der Waals surface area contributed by atoms with Crippen LogP contribution in [-0.2, 0) is 17.0 Å². The van der Waals surface area contributed by atoms with Crippen molar-refractivity contribution in [1.82, 2.24) is 20.1 Å². The van der Waals surface area contributed by atoms with Gasteiger partial charge in [0.05, 0.1) is 13.7 Å². The molecule has 2 aromatic carbocycles. The molecule has 8 heteroatoms. The molecule has 0 saturated carbocycles. The number of amides is 1. The Hall–Kier alpha value is -2.84. The maximum Gasteiger partial charge on any atom is 0.251 e. The van der Waals surface area contributed by atoms with Gasteiger partial charge in [0.15, 0.2) is 11.0 Å². The van der Waals surface area contributed by atoms with Crippen molar-refractivity contribution in [3.8, 4) is 17.1 Å². The summed E-state index contributed by atoms with van der Waals surface area (Å²) in [5.74, 6) is 2.18. The molecule has 30 heavy (non-hydrogen) atoms. The SMILES string of the molecule is CCn1c(SCc2cccc(C(=O)NCCOC)c2)nnc1-c1cccc(OC)c1. The summed E-state index contributed by atoms with van der Waals surface area (Å²) in [6.07, 6.45) is 0. The number of methoxy groups -OCH3 is 2. The Labute approximate surface area is 180 Å². The fourth-order valence-corrected chi connectivity index (χ4v) is 3.92. The molecule has 0 saturated heterocycles. The lowest BCUT2D eigenvalue weighted by Gasteiger charge is -2.09. The van der Waals surface area contributed by atoms with Gasteiger partial charge in [0.25, 0.3) is 5.91 Å². The predicted molar refractivity (Wildman–Crippen MR) is 118 cm³/mol. The second kappa shape index (κ2) is 10.8. The van der Waals surface area contributed by atoms with E-state index in [2.05, 4.69) is 27.0 Å². The molecule has 1 N–H and O–H groups in total. The van der Waals surface area contributed by atoms with Crippen molar-refractivity contribution in [2.45, 2.75) is 24.4 Å². The van der Waals surface area contributed by atoms with Crippen molar-refractivity contribution in [2.24, 2.45) is 0 Å². The number of rotatable bonds is 10. The van der Waals surface area contributed by atoms with Gasteiger partial charge >= 0.3 is 0 Å². The van der Waals surface area contributed by atoms with Crippen molar-refractivity contribution in [1.29, 1.82) is 0 Å². The monoisotopic (exact) mass is 426 g/mol. The first kappa shape index (κ1) is 21.9. The zero-order valence-corrected chi connectivity index (χ0v) is 18.2. The third-order valence-corrected chi connectivity index (χ3v) is 5.55. The van der Waals surface area contributed by atoms with Crippen molar-refractivity contribution < 1.29 is 14.3 Å². The molecule has 0 radical (unpaired) electrons. The first-order valence-electron chi connectivity index (χ1n) is 9.72. The number of nitrogens with zero attached hydrogens (tertiary/aromatic N) is 3. The van der Waals surface area contributed by atoms with Crippen molar-refractivity contribution in [3.05, 3.63) is 59.7 Å². The smallest absolute Gasteiger partial charge is 0.251 e. The van der Waals surface area contributed by atoms with Crippen LogP contribution in [0.1, 0.15) is 22.8 Å². The molecular weight excluding hydrogens is 400 g/mol. The summed E-state index contributed by atoms with van der Waals surface area (Å²) in [6.45, 7) is 3.80. The number of aromatic nitrogens is 3. The van der Waals surface area contributed by atoms with Crippen LogP contribution < -0.4 is 10.1 Å². The van der Waals surface area contributed by atoms with E-state index in [4.69, 9.17) is 9.47 Å². The van der Waals surface area contributed by atoms with Crippen molar-refractivity contribution >= 4 is 17.7 Å². The third-order valence-electron chi connectivity index (χ3n) is 4.51. The van der Waals surface area contributed by atoms with Crippen LogP contribution in [-0.4, -0.2) is 48.0 Å². The topological polar surface area (TPSA) is 78.3 Å². The highest BCUT2D eigenvalue weighted by Gasteiger charge is 2.14. The number of hydrogen-bond donors (Lipinski definition) is 1. The van der Waals surface area contributed by atoms with Crippen LogP contribution in [0.5, 0.6) is 5.75 Å². The van der Waals surface area contributed by atoms with E-state index in [1.807, 2.05) is 48.5 Å². The number of thioether (sulfide) groups is 1. The van der Waals surface area contributed by atoms with Crippen LogP contribution >= 0.6 is 11.8 Å². The standard InChI is InChI=1S/C22H26N4O3S/c1-4-26-20(17-8-6-10-19(14-17)29-3)24-25-22(26)30-15-16-7-5-9-18(13-16)21(27)23-11-12-28-2/h5-10,13-14H,4,11-12,15H2,1-3H3,(H,23,27). The van der Waals surface area contributed by atoms with Gasteiger partial charge < -0.3 is 19.4 Å². The molecule has 0 aliphatic rings. The Morgan fingerprint density at radius 2 is 1.97 bits per heavy atom. The first-order chi connectivity index (χ1) is 14.7. The lowest BCUT2D eigenvalue weighted by molar-refractivity contribution is 0.0937. The first-order valence-corrected chi connectivity index (χ1v) is 10.7. The quantitative estimate of drug-likeness (QED) is 0.394. The minimum atomic E-state index is -0.101. The molecule has 0 aliphatic heterocycles. The zero-order valence-electron chi connectivity index (χ0n) is 17.4. The molecule has 3 rings (SSSR count). The fraction of sp³-hybridized carbons (Fsp3) is 0.318. The van der Waals surface area contributed by atoms with E-state index in [1.165, 1.54) is 0 Å². The molecule has 3 aromatic rings. The van der Waals surface area contributed by atoms with Crippen LogP contribution in [0.25, 0.3) is 11.4 Å². The van der Waals surface area contributed by atoms with Crippen LogP contribution in [0.4, 0.5) is 0 Å². The molecule has 1 aromatic heterocycles. The lowest BCUT2D eigenvalue weighted by Crippen LogP contribution is -2.26. The minimum Gasteiger partial charge on any atom is -0.497 e. The van der Waals surface area contributed by atoms with E-state index in [1.54, 1.807) is 26.0 Å². The van der Waals surface area contributed by atoms with E-state index in [0.29, 0.717) is 24.5 Å². The lowest BCUT2D eigenvalue weighted by atomic mass is 10.1. The van der Waals surface area contributed by atoms with Gasteiger partial charge in [-0.25, -0.2) is 0 Å². The average molecular weight is 427 g/mol. The highest BCUT2D eigenvalue weighted by molar-refractivity contribution is 7.98. The van der Waals surface area contributed by atoms with Crippen LogP contribution in [0.3, 0.4) is 0 Å². The molecule has 0 fully saturated rings. The van der Waals surface area contributed by atoms with E-state index in [0.717, 1.165) is 34.4 Å². The van der Waals surface area contributed by atoms with E-state index in [9.17, 15) is 4.79 Å². The third kappa shape index (κ3) is 5.40. The Morgan fingerprint density at radius 3 is 2.73 bits per heavy atom. The summed E-state index contributed by atoms with van der Waals surface area (Å²) in [7, 11) is 3.26. The number of hydrogen-bond acceptors (Lipinski definition) is 6. The highest BCUT2D eigenvalue weighted by atomic mass is 32.2. The molecule has 158 valence electrons. The van der Waals surface area contributed by atoms with Crippen molar-refractivity contribution in [2.75, 3.05) is 27.4 Å². The predicted octanol–water partition coefficient (Wildman–Crippen LogP) is 3.64. The molecule has 0 spiro atoms. The maximum absolute atomic E-state index is 12.2. The number of ether oxygens (including phenoxy) is 2. The molecule has 0 bridgehead atoms. The summed E-state index contributed by atoms with van der Waals surface area (Å²) in [5.41, 5.74) is 2.65. The number of carbonyl (C=O) groups is 1. The average Bonchev–Trinajstić information content (AvgIpc) is 3.21. The Balaban J connectivity index is 1.71. The van der Waals surface area contributed by atoms with Crippen LogP contribution in [0, 0.1) is 0 Å². The Bertz CT molecular complexity index is 990. The summed E-state index contributed by atoms with van der Waals surface area (Å²) >= 11 is 1.60. The normalized spacial score (nSPS) is 10.8. The summed E-state index contributed by atoms with van der Waals surface area (Å²) in [6, 6.07) is 15.4. The van der Waals surface area contributed by atoms with Crippen molar-refractivity contribution in [3.63, 3.8) is 0 Å². The van der Waals surface area contributed by atoms with E-state index >= 15 is 0 Å². The molecule has 0 atom stereocenters. The largest absolute Gasteiger partial charge is 0.497 e. The summed E-state index contributed by atoms with van der Waals surface area (Å²) in [4.78, 5) is 12.2. The molecule has 1 amide bonds. The van der Waals surface area contributed by atoms with Gasteiger partial charge in [-0.2, -0.15) is 0 Å². The second-order valence-electron chi connectivity index (χ2n) is 6.52. The van der Waals surface area contributed by atoms with E-state index in [-0.39, 0.29) is 5.91 Å². The Morgan fingerprint density at radius 1 is 1.13 bits per heavy atom. The molecular formula is C22H26N4O3S. The maximum atomic E-state index is 12.2. The van der Waals surface area contributed by atoms with Crippen LogP contribution in [0.15, 0.2) is 53.7 Å². The Kier molecular flexibility index (Phi) is 7.87. The second-order valence-corrected chi connectivity index (χ2v) is 7.46. The van der Waals surface area contributed by atoms with E-state index < -0.39 is 0 Å². The number of nitrogens with one attached hydrogen (secondary N) is 1. The zero-order chi connectivity index (χ0) is 21.3. The van der Waals surface area contributed by atoms with Crippen LogP contribution in [0.2, 0.25) is 0 Å².